The zero-order valence-corrected chi connectivity index (χ0v) is 11.2. The van der Waals surface area contributed by atoms with Crippen LogP contribution in [0, 0.1) is 6.92 Å². The number of nitrogens with two attached hydrogens (primary N) is 1. The molecule has 100 valence electrons. The van der Waals surface area contributed by atoms with Crippen molar-refractivity contribution in [1.29, 1.82) is 0 Å². The lowest BCUT2D eigenvalue weighted by atomic mass is 10.1. The second-order valence-corrected chi connectivity index (χ2v) is 5.19. The first-order valence-electron chi connectivity index (χ1n) is 6.93. The van der Waals surface area contributed by atoms with Gasteiger partial charge >= 0.3 is 0 Å². The summed E-state index contributed by atoms with van der Waals surface area (Å²) < 4.78 is 0. The molecule has 1 saturated heterocycles. The van der Waals surface area contributed by atoms with Crippen LogP contribution in [0.25, 0.3) is 0 Å². The maximum Gasteiger partial charge on any atom is 0.0635 e. The van der Waals surface area contributed by atoms with E-state index in [1.165, 1.54) is 36.1 Å². The fraction of sp³-hybridized carbons (Fsp3) is 0.600. The summed E-state index contributed by atoms with van der Waals surface area (Å²) in [4.78, 5) is 2.36. The van der Waals surface area contributed by atoms with Crippen molar-refractivity contribution in [3.8, 4) is 0 Å². The average Bonchev–Trinajstić information content (AvgIpc) is 2.63. The van der Waals surface area contributed by atoms with Crippen LogP contribution in [0.2, 0.25) is 0 Å². The minimum absolute atomic E-state index is 0.248. The van der Waals surface area contributed by atoms with Crippen LogP contribution in [0.3, 0.4) is 0 Å². The predicted octanol–water partition coefficient (Wildman–Crippen LogP) is 2.20. The standard InChI is InChI=1S/C15H24N2O/c1-12-9-14(7-6-13(12)10-16)17-8-4-2-3-5-15(17)11-18/h6-7,9,15,18H,2-5,8,10-11,16H2,1H3. The highest BCUT2D eigenvalue weighted by atomic mass is 16.3. The van der Waals surface area contributed by atoms with Gasteiger partial charge < -0.3 is 15.7 Å². The summed E-state index contributed by atoms with van der Waals surface area (Å²) in [6.07, 6.45) is 4.80. The monoisotopic (exact) mass is 248 g/mol. The topological polar surface area (TPSA) is 49.5 Å². The maximum absolute atomic E-state index is 9.56. The average molecular weight is 248 g/mol. The third-order valence-corrected chi connectivity index (χ3v) is 3.97. The molecule has 1 atom stereocenters. The van der Waals surface area contributed by atoms with Crippen LogP contribution in [0.5, 0.6) is 0 Å². The van der Waals surface area contributed by atoms with E-state index in [-0.39, 0.29) is 12.6 Å². The van der Waals surface area contributed by atoms with Crippen LogP contribution in [-0.2, 0) is 6.54 Å². The normalized spacial score (nSPS) is 20.8. The third kappa shape index (κ3) is 2.85. The molecule has 3 heteroatoms. The van der Waals surface area contributed by atoms with Gasteiger partial charge in [0.25, 0.3) is 0 Å². The highest BCUT2D eigenvalue weighted by molar-refractivity contribution is 5.51. The van der Waals surface area contributed by atoms with E-state index in [2.05, 4.69) is 30.0 Å². The quantitative estimate of drug-likeness (QED) is 0.862. The van der Waals surface area contributed by atoms with Crippen molar-refractivity contribution in [2.24, 2.45) is 5.73 Å². The smallest absolute Gasteiger partial charge is 0.0635 e. The summed E-state index contributed by atoms with van der Waals surface area (Å²) in [6, 6.07) is 6.74. The molecule has 0 saturated carbocycles. The highest BCUT2D eigenvalue weighted by Crippen LogP contribution is 2.26. The molecule has 0 aliphatic carbocycles. The third-order valence-electron chi connectivity index (χ3n) is 3.97. The predicted molar refractivity (Wildman–Crippen MR) is 75.8 cm³/mol. The van der Waals surface area contributed by atoms with Crippen molar-refractivity contribution in [2.75, 3.05) is 18.1 Å². The molecule has 0 bridgehead atoms. The van der Waals surface area contributed by atoms with Gasteiger partial charge in [0.05, 0.1) is 12.6 Å². The Kier molecular flexibility index (Phi) is 4.61. The summed E-state index contributed by atoms with van der Waals surface area (Å²) in [5.74, 6) is 0. The van der Waals surface area contributed by atoms with Gasteiger partial charge in [0.2, 0.25) is 0 Å². The van der Waals surface area contributed by atoms with Gasteiger partial charge in [0.15, 0.2) is 0 Å². The number of benzene rings is 1. The van der Waals surface area contributed by atoms with Crippen LogP contribution in [-0.4, -0.2) is 24.3 Å². The SMILES string of the molecule is Cc1cc(N2CCCCCC2CO)ccc1CN. The first-order chi connectivity index (χ1) is 8.76. The summed E-state index contributed by atoms with van der Waals surface area (Å²) in [6.45, 7) is 4.00. The molecule has 0 spiro atoms. The van der Waals surface area contributed by atoms with E-state index in [1.54, 1.807) is 0 Å². The number of hydrogen-bond donors (Lipinski definition) is 2. The van der Waals surface area contributed by atoms with Gasteiger partial charge in [-0.3, -0.25) is 0 Å². The molecule has 18 heavy (non-hydrogen) atoms. The number of rotatable bonds is 3. The molecule has 1 heterocycles. The lowest BCUT2D eigenvalue weighted by Gasteiger charge is -2.31. The second kappa shape index (κ2) is 6.21. The Morgan fingerprint density at radius 1 is 1.33 bits per heavy atom. The highest BCUT2D eigenvalue weighted by Gasteiger charge is 2.20. The molecule has 1 aromatic carbocycles. The molecule has 2 rings (SSSR count). The lowest BCUT2D eigenvalue weighted by molar-refractivity contribution is 0.255. The largest absolute Gasteiger partial charge is 0.394 e. The van der Waals surface area contributed by atoms with Crippen molar-refractivity contribution in [1.82, 2.24) is 0 Å². The lowest BCUT2D eigenvalue weighted by Crippen LogP contribution is -2.37. The molecule has 3 N–H and O–H groups in total. The number of aliphatic hydroxyl groups excluding tert-OH is 1. The van der Waals surface area contributed by atoms with Crippen molar-refractivity contribution in [3.63, 3.8) is 0 Å². The second-order valence-electron chi connectivity index (χ2n) is 5.19. The number of aryl methyl sites for hydroxylation is 1. The minimum atomic E-state index is 0.248. The van der Waals surface area contributed by atoms with Crippen LogP contribution in [0.1, 0.15) is 36.8 Å². The van der Waals surface area contributed by atoms with E-state index in [9.17, 15) is 5.11 Å². The van der Waals surface area contributed by atoms with Crippen molar-refractivity contribution >= 4 is 5.69 Å². The number of hydrogen-bond acceptors (Lipinski definition) is 3. The fourth-order valence-electron chi connectivity index (χ4n) is 2.79. The van der Waals surface area contributed by atoms with Crippen molar-refractivity contribution in [2.45, 2.75) is 45.2 Å². The van der Waals surface area contributed by atoms with E-state index in [1.807, 2.05) is 0 Å². The zero-order valence-electron chi connectivity index (χ0n) is 11.2. The summed E-state index contributed by atoms with van der Waals surface area (Å²) >= 11 is 0. The fourth-order valence-corrected chi connectivity index (χ4v) is 2.79. The van der Waals surface area contributed by atoms with Crippen LogP contribution < -0.4 is 10.6 Å². The van der Waals surface area contributed by atoms with Gasteiger partial charge in [-0.1, -0.05) is 18.9 Å². The van der Waals surface area contributed by atoms with Gasteiger partial charge in [-0.25, -0.2) is 0 Å². The van der Waals surface area contributed by atoms with Gasteiger partial charge in [-0.05, 0) is 43.0 Å². The number of anilines is 1. The van der Waals surface area contributed by atoms with E-state index in [0.717, 1.165) is 13.0 Å². The van der Waals surface area contributed by atoms with Crippen LogP contribution in [0.4, 0.5) is 5.69 Å². The Morgan fingerprint density at radius 2 is 2.17 bits per heavy atom. The Morgan fingerprint density at radius 3 is 2.83 bits per heavy atom. The molecule has 1 unspecified atom stereocenters. The molecule has 0 radical (unpaired) electrons. The molecule has 1 aliphatic heterocycles. The summed E-state index contributed by atoms with van der Waals surface area (Å²) in [5, 5.41) is 9.56. The zero-order chi connectivity index (χ0) is 13.0. The molecule has 1 aliphatic rings. The van der Waals surface area contributed by atoms with Crippen molar-refractivity contribution in [3.05, 3.63) is 29.3 Å². The Bertz CT molecular complexity index is 392. The maximum atomic E-state index is 9.56. The van der Waals surface area contributed by atoms with Crippen LogP contribution >= 0.6 is 0 Å². The first kappa shape index (κ1) is 13.4. The molecular formula is C15H24N2O. The number of nitrogens with zero attached hydrogens (tertiary/aromatic N) is 1. The summed E-state index contributed by atoms with van der Waals surface area (Å²) in [5.41, 5.74) is 9.38. The Labute approximate surface area is 110 Å². The van der Waals surface area contributed by atoms with Gasteiger partial charge in [0, 0.05) is 18.8 Å². The molecule has 0 amide bonds. The molecule has 1 fully saturated rings. The minimum Gasteiger partial charge on any atom is -0.394 e. The molecule has 3 nitrogen and oxygen atoms in total. The Balaban J connectivity index is 2.24. The van der Waals surface area contributed by atoms with E-state index >= 15 is 0 Å². The van der Waals surface area contributed by atoms with Gasteiger partial charge in [0.1, 0.15) is 0 Å². The van der Waals surface area contributed by atoms with Gasteiger partial charge in [-0.15, -0.1) is 0 Å². The number of aliphatic hydroxyl groups is 1. The van der Waals surface area contributed by atoms with Crippen LogP contribution in [0.15, 0.2) is 18.2 Å². The molecule has 0 aromatic heterocycles. The summed E-state index contributed by atoms with van der Waals surface area (Å²) in [7, 11) is 0. The Hall–Kier alpha value is -1.06. The van der Waals surface area contributed by atoms with Gasteiger partial charge in [-0.2, -0.15) is 0 Å². The van der Waals surface area contributed by atoms with E-state index in [4.69, 9.17) is 5.73 Å². The first-order valence-corrected chi connectivity index (χ1v) is 6.93. The van der Waals surface area contributed by atoms with Crippen molar-refractivity contribution < 1.29 is 5.11 Å². The van der Waals surface area contributed by atoms with E-state index < -0.39 is 0 Å². The molecule has 1 aromatic rings. The molecular weight excluding hydrogens is 224 g/mol. The van der Waals surface area contributed by atoms with E-state index in [0.29, 0.717) is 6.54 Å².